The predicted molar refractivity (Wildman–Crippen MR) is 66.0 cm³/mol. The lowest BCUT2D eigenvalue weighted by atomic mass is 9.85. The first-order chi connectivity index (χ1) is 8.88. The maximum absolute atomic E-state index is 12.3. The van der Waals surface area contributed by atoms with E-state index >= 15 is 0 Å². The zero-order valence-corrected chi connectivity index (χ0v) is 11.3. The monoisotopic (exact) mass is 266 g/mol. The van der Waals surface area contributed by atoms with Crippen molar-refractivity contribution >= 4 is 11.8 Å². The highest BCUT2D eigenvalue weighted by Crippen LogP contribution is 2.23. The SMILES string of the molecule is CC(C)(C)C1NC(=O)CN(CCc2ncon2)C1=O. The number of nitrogens with one attached hydrogen (secondary N) is 1. The maximum Gasteiger partial charge on any atom is 0.246 e. The van der Waals surface area contributed by atoms with Crippen LogP contribution in [0.2, 0.25) is 0 Å². The summed E-state index contributed by atoms with van der Waals surface area (Å²) in [7, 11) is 0. The topological polar surface area (TPSA) is 88.3 Å². The molecule has 7 heteroatoms. The molecule has 104 valence electrons. The number of carbonyl (C=O) groups is 2. The summed E-state index contributed by atoms with van der Waals surface area (Å²) >= 11 is 0. The van der Waals surface area contributed by atoms with E-state index in [0.717, 1.165) is 0 Å². The minimum absolute atomic E-state index is 0.0596. The Kier molecular flexibility index (Phi) is 3.55. The van der Waals surface area contributed by atoms with Crippen LogP contribution in [0, 0.1) is 5.41 Å². The highest BCUT2D eigenvalue weighted by Gasteiger charge is 2.39. The van der Waals surface area contributed by atoms with E-state index in [2.05, 4.69) is 20.0 Å². The zero-order chi connectivity index (χ0) is 14.0. The molecule has 1 atom stereocenters. The van der Waals surface area contributed by atoms with Gasteiger partial charge in [0.2, 0.25) is 18.2 Å². The fourth-order valence-electron chi connectivity index (χ4n) is 2.02. The molecule has 2 heterocycles. The van der Waals surface area contributed by atoms with Crippen molar-refractivity contribution in [1.82, 2.24) is 20.4 Å². The standard InChI is InChI=1S/C12H18N4O3/c1-12(2,3)10-11(18)16(6-9(17)14-10)5-4-8-13-7-19-15-8/h7,10H,4-6H2,1-3H3,(H,14,17). The number of hydrogen-bond donors (Lipinski definition) is 1. The highest BCUT2D eigenvalue weighted by molar-refractivity contribution is 5.95. The van der Waals surface area contributed by atoms with Crippen LogP contribution >= 0.6 is 0 Å². The summed E-state index contributed by atoms with van der Waals surface area (Å²) < 4.78 is 4.63. The smallest absolute Gasteiger partial charge is 0.246 e. The summed E-state index contributed by atoms with van der Waals surface area (Å²) in [5, 5.41) is 6.44. The van der Waals surface area contributed by atoms with Gasteiger partial charge in [0.25, 0.3) is 0 Å². The summed E-state index contributed by atoms with van der Waals surface area (Å²) in [4.78, 5) is 29.4. The Balaban J connectivity index is 2.03. The van der Waals surface area contributed by atoms with Gasteiger partial charge in [0, 0.05) is 13.0 Å². The van der Waals surface area contributed by atoms with E-state index in [-0.39, 0.29) is 23.8 Å². The first kappa shape index (κ1) is 13.5. The van der Waals surface area contributed by atoms with Crippen molar-refractivity contribution in [3.63, 3.8) is 0 Å². The number of piperazine rings is 1. The summed E-state index contributed by atoms with van der Waals surface area (Å²) in [6.07, 6.45) is 1.73. The molecule has 0 aromatic carbocycles. The molecule has 1 aromatic rings. The minimum atomic E-state index is -0.487. The van der Waals surface area contributed by atoms with Crippen LogP contribution in [0.1, 0.15) is 26.6 Å². The van der Waals surface area contributed by atoms with Crippen molar-refractivity contribution < 1.29 is 14.1 Å². The molecule has 1 N–H and O–H groups in total. The van der Waals surface area contributed by atoms with Gasteiger partial charge in [-0.15, -0.1) is 0 Å². The first-order valence-corrected chi connectivity index (χ1v) is 6.21. The van der Waals surface area contributed by atoms with Gasteiger partial charge in [-0.3, -0.25) is 9.59 Å². The Hall–Kier alpha value is -1.92. The molecule has 0 aliphatic carbocycles. The summed E-state index contributed by atoms with van der Waals surface area (Å²) in [5.41, 5.74) is -0.308. The van der Waals surface area contributed by atoms with E-state index in [0.29, 0.717) is 18.8 Å². The predicted octanol–water partition coefficient (Wildman–Crippen LogP) is -0.0148. The van der Waals surface area contributed by atoms with E-state index in [1.807, 2.05) is 20.8 Å². The van der Waals surface area contributed by atoms with Crippen LogP contribution in [0.15, 0.2) is 10.9 Å². The molecule has 1 aliphatic heterocycles. The molecule has 2 rings (SSSR count). The number of carbonyl (C=O) groups excluding carboxylic acids is 2. The third kappa shape index (κ3) is 3.10. The van der Waals surface area contributed by atoms with Gasteiger partial charge in [-0.05, 0) is 5.41 Å². The molecule has 1 saturated heterocycles. The molecular weight excluding hydrogens is 248 g/mol. The lowest BCUT2D eigenvalue weighted by Gasteiger charge is -2.38. The Morgan fingerprint density at radius 2 is 2.21 bits per heavy atom. The minimum Gasteiger partial charge on any atom is -0.343 e. The van der Waals surface area contributed by atoms with E-state index in [1.54, 1.807) is 4.90 Å². The lowest BCUT2D eigenvalue weighted by molar-refractivity contribution is -0.147. The molecule has 1 fully saturated rings. The average Bonchev–Trinajstić information content (AvgIpc) is 2.81. The first-order valence-electron chi connectivity index (χ1n) is 6.21. The molecule has 0 spiro atoms. The molecule has 0 bridgehead atoms. The Morgan fingerprint density at radius 1 is 1.47 bits per heavy atom. The Morgan fingerprint density at radius 3 is 2.79 bits per heavy atom. The zero-order valence-electron chi connectivity index (χ0n) is 11.3. The van der Waals surface area contributed by atoms with Crippen molar-refractivity contribution in [2.45, 2.75) is 33.2 Å². The molecule has 2 amide bonds. The third-order valence-electron chi connectivity index (χ3n) is 3.08. The molecule has 19 heavy (non-hydrogen) atoms. The average molecular weight is 266 g/mol. The number of rotatable bonds is 3. The van der Waals surface area contributed by atoms with Crippen LogP contribution in [0.25, 0.3) is 0 Å². The normalized spacial score (nSPS) is 20.6. The van der Waals surface area contributed by atoms with Crippen LogP contribution in [-0.2, 0) is 16.0 Å². The van der Waals surface area contributed by atoms with Crippen molar-refractivity contribution in [3.8, 4) is 0 Å². The molecular formula is C12H18N4O3. The van der Waals surface area contributed by atoms with Gasteiger partial charge in [-0.25, -0.2) is 0 Å². The molecule has 1 unspecified atom stereocenters. The fraction of sp³-hybridized carbons (Fsp3) is 0.667. The Bertz CT molecular complexity index is 464. The number of amides is 2. The van der Waals surface area contributed by atoms with Crippen molar-refractivity contribution in [2.24, 2.45) is 5.41 Å². The van der Waals surface area contributed by atoms with E-state index < -0.39 is 6.04 Å². The van der Waals surface area contributed by atoms with Gasteiger partial charge in [0.1, 0.15) is 6.04 Å². The molecule has 0 radical (unpaired) electrons. The quantitative estimate of drug-likeness (QED) is 0.831. The molecule has 1 aromatic heterocycles. The molecule has 7 nitrogen and oxygen atoms in total. The van der Waals surface area contributed by atoms with Gasteiger partial charge in [-0.2, -0.15) is 4.98 Å². The number of hydrogen-bond acceptors (Lipinski definition) is 5. The van der Waals surface area contributed by atoms with Crippen molar-refractivity contribution in [2.75, 3.05) is 13.1 Å². The second-order valence-electron chi connectivity index (χ2n) is 5.72. The lowest BCUT2D eigenvalue weighted by Crippen LogP contribution is -2.62. The van der Waals surface area contributed by atoms with E-state index in [1.165, 1.54) is 6.39 Å². The number of nitrogens with zero attached hydrogens (tertiary/aromatic N) is 3. The largest absolute Gasteiger partial charge is 0.343 e. The molecule has 0 saturated carbocycles. The van der Waals surface area contributed by atoms with Crippen LogP contribution in [-0.4, -0.2) is 46.0 Å². The highest BCUT2D eigenvalue weighted by atomic mass is 16.5. The van der Waals surface area contributed by atoms with Gasteiger partial charge in [0.15, 0.2) is 5.82 Å². The van der Waals surface area contributed by atoms with Gasteiger partial charge < -0.3 is 14.7 Å². The second kappa shape index (κ2) is 4.99. The van der Waals surface area contributed by atoms with Crippen LogP contribution in [0.3, 0.4) is 0 Å². The number of aromatic nitrogens is 2. The van der Waals surface area contributed by atoms with Crippen LogP contribution in [0.5, 0.6) is 0 Å². The van der Waals surface area contributed by atoms with Gasteiger partial charge in [-0.1, -0.05) is 25.9 Å². The summed E-state index contributed by atoms with van der Waals surface area (Å²) in [6.45, 7) is 6.29. The fourth-order valence-corrected chi connectivity index (χ4v) is 2.02. The van der Waals surface area contributed by atoms with Crippen LogP contribution in [0.4, 0.5) is 0 Å². The van der Waals surface area contributed by atoms with E-state index in [9.17, 15) is 9.59 Å². The van der Waals surface area contributed by atoms with Crippen molar-refractivity contribution in [1.29, 1.82) is 0 Å². The second-order valence-corrected chi connectivity index (χ2v) is 5.72. The van der Waals surface area contributed by atoms with Crippen LogP contribution < -0.4 is 5.32 Å². The summed E-state index contributed by atoms with van der Waals surface area (Å²) in [6, 6.07) is -0.487. The summed E-state index contributed by atoms with van der Waals surface area (Å²) in [5.74, 6) is 0.342. The Labute approximate surface area is 111 Å². The van der Waals surface area contributed by atoms with Crippen molar-refractivity contribution in [3.05, 3.63) is 12.2 Å². The van der Waals surface area contributed by atoms with E-state index in [4.69, 9.17) is 0 Å². The van der Waals surface area contributed by atoms with Gasteiger partial charge >= 0.3 is 0 Å². The molecule has 1 aliphatic rings. The third-order valence-corrected chi connectivity index (χ3v) is 3.08. The van der Waals surface area contributed by atoms with Gasteiger partial charge in [0.05, 0.1) is 6.54 Å². The maximum atomic E-state index is 12.3.